The Morgan fingerprint density at radius 2 is 2.14 bits per heavy atom. The molecule has 6 nitrogen and oxygen atoms in total. The van der Waals surface area contributed by atoms with Crippen molar-refractivity contribution in [2.24, 2.45) is 5.73 Å². The van der Waals surface area contributed by atoms with Crippen LogP contribution in [0.1, 0.15) is 34.9 Å². The number of rotatable bonds is 7. The van der Waals surface area contributed by atoms with Gasteiger partial charge in [-0.2, -0.15) is 0 Å². The fraction of sp³-hybridized carbons (Fsp3) is 0.400. The average Bonchev–Trinajstić information content (AvgIpc) is 3.04. The third-order valence-corrected chi connectivity index (χ3v) is 4.18. The Balaban J connectivity index is 1.92. The molecule has 3 N–H and O–H groups in total. The van der Waals surface area contributed by atoms with Gasteiger partial charge in [-0.1, -0.05) is 6.07 Å². The van der Waals surface area contributed by atoms with E-state index in [9.17, 15) is 4.79 Å². The SMILES string of the molecule is CCN(CC)c1ccc(CNC(=O)c2csc(CN)n2)cn1. The zero-order chi connectivity index (χ0) is 15.9. The van der Waals surface area contributed by atoms with Crippen LogP contribution in [-0.2, 0) is 13.1 Å². The molecule has 118 valence electrons. The van der Waals surface area contributed by atoms with Gasteiger partial charge in [0.15, 0.2) is 0 Å². The zero-order valence-electron chi connectivity index (χ0n) is 12.9. The van der Waals surface area contributed by atoms with Gasteiger partial charge in [0.05, 0.1) is 0 Å². The van der Waals surface area contributed by atoms with E-state index in [1.54, 1.807) is 11.6 Å². The number of hydrogen-bond acceptors (Lipinski definition) is 6. The maximum absolute atomic E-state index is 12.0. The van der Waals surface area contributed by atoms with Gasteiger partial charge in [0.25, 0.3) is 5.91 Å². The molecule has 2 aromatic rings. The first-order chi connectivity index (χ1) is 10.7. The molecule has 2 aromatic heterocycles. The summed E-state index contributed by atoms with van der Waals surface area (Å²) in [7, 11) is 0. The quantitative estimate of drug-likeness (QED) is 0.812. The van der Waals surface area contributed by atoms with Gasteiger partial charge in [-0.15, -0.1) is 11.3 Å². The highest BCUT2D eigenvalue weighted by atomic mass is 32.1. The highest BCUT2D eigenvalue weighted by molar-refractivity contribution is 7.09. The lowest BCUT2D eigenvalue weighted by Crippen LogP contribution is -2.24. The molecule has 2 heterocycles. The van der Waals surface area contributed by atoms with E-state index >= 15 is 0 Å². The summed E-state index contributed by atoms with van der Waals surface area (Å²) in [5.74, 6) is 0.760. The first-order valence-corrected chi connectivity index (χ1v) is 8.18. The summed E-state index contributed by atoms with van der Waals surface area (Å²) in [6.45, 7) is 6.83. The van der Waals surface area contributed by atoms with E-state index in [2.05, 4.69) is 34.0 Å². The molecule has 1 amide bonds. The topological polar surface area (TPSA) is 84.1 Å². The first-order valence-electron chi connectivity index (χ1n) is 7.30. The van der Waals surface area contributed by atoms with Gasteiger partial charge in [-0.25, -0.2) is 9.97 Å². The highest BCUT2D eigenvalue weighted by Crippen LogP contribution is 2.11. The number of anilines is 1. The van der Waals surface area contributed by atoms with Gasteiger partial charge >= 0.3 is 0 Å². The van der Waals surface area contributed by atoms with Crippen molar-refractivity contribution in [1.29, 1.82) is 0 Å². The molecule has 7 heteroatoms. The minimum Gasteiger partial charge on any atom is -0.357 e. The van der Waals surface area contributed by atoms with Gasteiger partial charge in [-0.05, 0) is 25.5 Å². The Kier molecular flexibility index (Phi) is 5.85. The summed E-state index contributed by atoms with van der Waals surface area (Å²) in [5, 5.41) is 5.32. The van der Waals surface area contributed by atoms with Gasteiger partial charge in [-0.3, -0.25) is 4.79 Å². The Morgan fingerprint density at radius 1 is 1.36 bits per heavy atom. The maximum atomic E-state index is 12.0. The number of aromatic nitrogens is 2. The van der Waals surface area contributed by atoms with E-state index in [0.717, 1.165) is 29.5 Å². The standard InChI is InChI=1S/C15H21N5OS/c1-3-20(4-2)13-6-5-11(8-17-13)9-18-15(21)12-10-22-14(7-16)19-12/h5-6,8,10H,3-4,7,9,16H2,1-2H3,(H,18,21). The predicted molar refractivity (Wildman–Crippen MR) is 89.0 cm³/mol. The molecule has 0 spiro atoms. The fourth-order valence-corrected chi connectivity index (χ4v) is 2.69. The average molecular weight is 319 g/mol. The molecule has 0 atom stereocenters. The summed E-state index contributed by atoms with van der Waals surface area (Å²) < 4.78 is 0. The van der Waals surface area contributed by atoms with Crippen molar-refractivity contribution in [3.63, 3.8) is 0 Å². The van der Waals surface area contributed by atoms with E-state index in [1.165, 1.54) is 11.3 Å². The molecule has 0 fully saturated rings. The van der Waals surface area contributed by atoms with Crippen LogP contribution in [0.25, 0.3) is 0 Å². The van der Waals surface area contributed by atoms with Crippen LogP contribution in [0.5, 0.6) is 0 Å². The Labute approximate surface area is 134 Å². The van der Waals surface area contributed by atoms with Crippen molar-refractivity contribution in [2.45, 2.75) is 26.9 Å². The molecule has 2 rings (SSSR count). The van der Waals surface area contributed by atoms with Gasteiger partial charge in [0, 0.05) is 37.8 Å². The Bertz CT molecular complexity index is 607. The second kappa shape index (κ2) is 7.86. The number of carbonyl (C=O) groups is 1. The van der Waals surface area contributed by atoms with Crippen LogP contribution in [0.15, 0.2) is 23.7 Å². The second-order valence-corrected chi connectivity index (χ2v) is 5.65. The number of carbonyl (C=O) groups excluding carboxylic acids is 1. The number of hydrogen-bond donors (Lipinski definition) is 2. The zero-order valence-corrected chi connectivity index (χ0v) is 13.7. The summed E-state index contributed by atoms with van der Waals surface area (Å²) >= 11 is 1.39. The van der Waals surface area contributed by atoms with Gasteiger partial charge < -0.3 is 16.0 Å². The predicted octanol–water partition coefficient (Wildman–Crippen LogP) is 1.77. The molecule has 0 aliphatic heterocycles. The van der Waals surface area contributed by atoms with Crippen LogP contribution in [-0.4, -0.2) is 29.0 Å². The lowest BCUT2D eigenvalue weighted by atomic mass is 10.2. The molecule has 0 radical (unpaired) electrons. The third kappa shape index (κ3) is 4.02. The summed E-state index contributed by atoms with van der Waals surface area (Å²) in [6, 6.07) is 3.96. The van der Waals surface area contributed by atoms with E-state index < -0.39 is 0 Å². The number of pyridine rings is 1. The van der Waals surface area contributed by atoms with Crippen molar-refractivity contribution >= 4 is 23.1 Å². The van der Waals surface area contributed by atoms with Crippen molar-refractivity contribution in [1.82, 2.24) is 15.3 Å². The Morgan fingerprint density at radius 3 is 2.68 bits per heavy atom. The van der Waals surface area contributed by atoms with Crippen LogP contribution in [0.4, 0.5) is 5.82 Å². The first kappa shape index (κ1) is 16.4. The molecule has 0 bridgehead atoms. The third-order valence-electron chi connectivity index (χ3n) is 3.31. The molecule has 0 aliphatic carbocycles. The second-order valence-electron chi connectivity index (χ2n) is 4.71. The highest BCUT2D eigenvalue weighted by Gasteiger charge is 2.10. The monoisotopic (exact) mass is 319 g/mol. The van der Waals surface area contributed by atoms with Gasteiger partial charge in [0.1, 0.15) is 16.5 Å². The van der Waals surface area contributed by atoms with Gasteiger partial charge in [0.2, 0.25) is 0 Å². The van der Waals surface area contributed by atoms with Crippen LogP contribution in [0.2, 0.25) is 0 Å². The van der Waals surface area contributed by atoms with Crippen molar-refractivity contribution in [2.75, 3.05) is 18.0 Å². The van der Waals surface area contributed by atoms with E-state index in [1.807, 2.05) is 12.1 Å². The van der Waals surface area contributed by atoms with E-state index in [-0.39, 0.29) is 5.91 Å². The number of thiazole rings is 1. The van der Waals surface area contributed by atoms with Crippen LogP contribution in [0.3, 0.4) is 0 Å². The normalized spacial score (nSPS) is 10.5. The molecule has 0 aromatic carbocycles. The van der Waals surface area contributed by atoms with Crippen molar-refractivity contribution < 1.29 is 4.79 Å². The lowest BCUT2D eigenvalue weighted by Gasteiger charge is -2.19. The molecule has 22 heavy (non-hydrogen) atoms. The van der Waals surface area contributed by atoms with Crippen molar-refractivity contribution in [3.8, 4) is 0 Å². The van der Waals surface area contributed by atoms with Crippen molar-refractivity contribution in [3.05, 3.63) is 40.0 Å². The molecular weight excluding hydrogens is 298 g/mol. The minimum atomic E-state index is -0.191. The number of nitrogens with zero attached hydrogens (tertiary/aromatic N) is 3. The smallest absolute Gasteiger partial charge is 0.271 e. The van der Waals surface area contributed by atoms with Crippen LogP contribution in [0, 0.1) is 0 Å². The summed E-state index contributed by atoms with van der Waals surface area (Å²) in [4.78, 5) is 22.7. The fourth-order valence-electron chi connectivity index (χ4n) is 2.04. The summed E-state index contributed by atoms with van der Waals surface area (Å²) in [5.41, 5.74) is 6.87. The summed E-state index contributed by atoms with van der Waals surface area (Å²) in [6.07, 6.45) is 1.79. The largest absolute Gasteiger partial charge is 0.357 e. The number of nitrogens with two attached hydrogens (primary N) is 1. The molecular formula is C15H21N5OS. The molecule has 0 saturated carbocycles. The molecule has 0 unspecified atom stereocenters. The number of nitrogens with one attached hydrogen (secondary N) is 1. The number of amides is 1. The molecule has 0 aliphatic rings. The molecule has 0 saturated heterocycles. The van der Waals surface area contributed by atoms with Crippen LogP contribution < -0.4 is 16.0 Å². The maximum Gasteiger partial charge on any atom is 0.271 e. The van der Waals surface area contributed by atoms with Crippen LogP contribution >= 0.6 is 11.3 Å². The Hall–Kier alpha value is -1.99. The minimum absolute atomic E-state index is 0.191. The van der Waals surface area contributed by atoms with E-state index in [4.69, 9.17) is 5.73 Å². The lowest BCUT2D eigenvalue weighted by molar-refractivity contribution is 0.0946. The van der Waals surface area contributed by atoms with E-state index in [0.29, 0.717) is 18.8 Å².